The standard InChI is InChI=1S/C18H21N5O2/c1-11-14-5-3-4-6-15(14)25-17(11)12(2)21-18(24)22-13-7-8-16-19-10-20-23(16)9-13/h3-6,10,12-13H,7-9H2,1-2H3,(H2,21,22,24)/t12-,13?/m1/s1. The van der Waals surface area contributed by atoms with Gasteiger partial charge < -0.3 is 15.1 Å². The third-order valence-corrected chi connectivity index (χ3v) is 4.76. The van der Waals surface area contributed by atoms with Crippen molar-refractivity contribution in [3.05, 3.63) is 47.7 Å². The number of benzene rings is 1. The predicted molar refractivity (Wildman–Crippen MR) is 93.2 cm³/mol. The Hall–Kier alpha value is -2.83. The van der Waals surface area contributed by atoms with E-state index in [9.17, 15) is 4.79 Å². The first-order valence-corrected chi connectivity index (χ1v) is 8.53. The molecule has 0 saturated heterocycles. The maximum absolute atomic E-state index is 12.4. The molecular weight excluding hydrogens is 318 g/mol. The van der Waals surface area contributed by atoms with Gasteiger partial charge in [0.1, 0.15) is 23.5 Å². The van der Waals surface area contributed by atoms with Gasteiger partial charge in [0.05, 0.1) is 18.6 Å². The third-order valence-electron chi connectivity index (χ3n) is 4.76. The minimum atomic E-state index is -0.210. The van der Waals surface area contributed by atoms with Crippen molar-refractivity contribution in [2.45, 2.75) is 45.3 Å². The monoisotopic (exact) mass is 339 g/mol. The summed E-state index contributed by atoms with van der Waals surface area (Å²) in [5, 5.41) is 11.3. The van der Waals surface area contributed by atoms with E-state index in [1.807, 2.05) is 42.8 Å². The lowest BCUT2D eigenvalue weighted by molar-refractivity contribution is 0.227. The molecule has 0 saturated carbocycles. The predicted octanol–water partition coefficient (Wildman–Crippen LogP) is 2.71. The molecule has 1 aliphatic heterocycles. The van der Waals surface area contributed by atoms with Gasteiger partial charge in [-0.3, -0.25) is 0 Å². The number of hydrogen-bond donors (Lipinski definition) is 2. The molecule has 2 atom stereocenters. The number of amides is 2. The molecule has 4 rings (SSSR count). The Balaban J connectivity index is 1.41. The summed E-state index contributed by atoms with van der Waals surface area (Å²) >= 11 is 0. The van der Waals surface area contributed by atoms with Crippen LogP contribution in [0.25, 0.3) is 11.0 Å². The molecule has 130 valence electrons. The summed E-state index contributed by atoms with van der Waals surface area (Å²) in [6.45, 7) is 4.60. The Bertz CT molecular complexity index is 913. The number of carbonyl (C=O) groups is 1. The lowest BCUT2D eigenvalue weighted by Crippen LogP contribution is -2.46. The molecule has 0 aliphatic carbocycles. The molecule has 3 heterocycles. The zero-order valence-electron chi connectivity index (χ0n) is 14.3. The second-order valence-electron chi connectivity index (χ2n) is 6.52. The molecule has 1 aromatic carbocycles. The van der Waals surface area contributed by atoms with Crippen LogP contribution in [0.2, 0.25) is 0 Å². The quantitative estimate of drug-likeness (QED) is 0.768. The smallest absolute Gasteiger partial charge is 0.315 e. The van der Waals surface area contributed by atoms with Crippen molar-refractivity contribution >= 4 is 17.0 Å². The molecule has 2 aromatic heterocycles. The summed E-state index contributed by atoms with van der Waals surface area (Å²) in [5.41, 5.74) is 1.91. The van der Waals surface area contributed by atoms with E-state index in [4.69, 9.17) is 4.42 Å². The van der Waals surface area contributed by atoms with Crippen molar-refractivity contribution in [1.82, 2.24) is 25.4 Å². The molecule has 0 fully saturated rings. The number of hydrogen-bond acceptors (Lipinski definition) is 4. The fraction of sp³-hybridized carbons (Fsp3) is 0.389. The maximum atomic E-state index is 12.4. The highest BCUT2D eigenvalue weighted by Crippen LogP contribution is 2.29. The van der Waals surface area contributed by atoms with Crippen LogP contribution < -0.4 is 10.6 Å². The Morgan fingerprint density at radius 3 is 3.08 bits per heavy atom. The van der Waals surface area contributed by atoms with E-state index in [2.05, 4.69) is 20.7 Å². The number of nitrogens with one attached hydrogen (secondary N) is 2. The highest BCUT2D eigenvalue weighted by Gasteiger charge is 2.23. The van der Waals surface area contributed by atoms with E-state index >= 15 is 0 Å². The molecule has 1 aliphatic rings. The first-order valence-electron chi connectivity index (χ1n) is 8.53. The lowest BCUT2D eigenvalue weighted by atomic mass is 10.1. The van der Waals surface area contributed by atoms with E-state index in [0.29, 0.717) is 6.54 Å². The Kier molecular flexibility index (Phi) is 3.91. The fourth-order valence-corrected chi connectivity index (χ4v) is 3.45. The molecule has 1 unspecified atom stereocenters. The number of furan rings is 1. The highest BCUT2D eigenvalue weighted by molar-refractivity contribution is 5.82. The first kappa shape index (κ1) is 15.7. The largest absolute Gasteiger partial charge is 0.459 e. The van der Waals surface area contributed by atoms with Gasteiger partial charge in [0.2, 0.25) is 0 Å². The second kappa shape index (κ2) is 6.23. The fourth-order valence-electron chi connectivity index (χ4n) is 3.45. The van der Waals surface area contributed by atoms with Gasteiger partial charge in [-0.25, -0.2) is 14.5 Å². The van der Waals surface area contributed by atoms with E-state index in [-0.39, 0.29) is 18.1 Å². The number of aromatic nitrogens is 3. The number of nitrogens with zero attached hydrogens (tertiary/aromatic N) is 3. The third kappa shape index (κ3) is 2.97. The van der Waals surface area contributed by atoms with Crippen LogP contribution in [-0.2, 0) is 13.0 Å². The summed E-state index contributed by atoms with van der Waals surface area (Å²) < 4.78 is 7.77. The molecule has 25 heavy (non-hydrogen) atoms. The molecule has 7 nitrogen and oxygen atoms in total. The Morgan fingerprint density at radius 2 is 2.24 bits per heavy atom. The number of urea groups is 1. The summed E-state index contributed by atoms with van der Waals surface area (Å²) in [7, 11) is 0. The molecule has 7 heteroatoms. The number of aryl methyl sites for hydroxylation is 2. The minimum Gasteiger partial charge on any atom is -0.459 e. The van der Waals surface area contributed by atoms with Gasteiger partial charge in [0.15, 0.2) is 0 Å². The van der Waals surface area contributed by atoms with Crippen LogP contribution in [0.3, 0.4) is 0 Å². The van der Waals surface area contributed by atoms with Crippen molar-refractivity contribution in [1.29, 1.82) is 0 Å². The van der Waals surface area contributed by atoms with Crippen LogP contribution in [0.1, 0.15) is 36.5 Å². The number of para-hydroxylation sites is 1. The topological polar surface area (TPSA) is 85.0 Å². The molecule has 0 radical (unpaired) electrons. The normalized spacial score (nSPS) is 17.9. The number of fused-ring (bicyclic) bond motifs is 2. The Labute approximate surface area is 145 Å². The van der Waals surface area contributed by atoms with Gasteiger partial charge in [-0.1, -0.05) is 18.2 Å². The van der Waals surface area contributed by atoms with Crippen molar-refractivity contribution in [2.75, 3.05) is 0 Å². The minimum absolute atomic E-state index is 0.0539. The second-order valence-corrected chi connectivity index (χ2v) is 6.52. The molecule has 3 aromatic rings. The van der Waals surface area contributed by atoms with Crippen molar-refractivity contribution in [3.63, 3.8) is 0 Å². The number of rotatable bonds is 3. The zero-order valence-corrected chi connectivity index (χ0v) is 14.3. The van der Waals surface area contributed by atoms with Crippen LogP contribution in [0.5, 0.6) is 0 Å². The summed E-state index contributed by atoms with van der Waals surface area (Å²) in [4.78, 5) is 16.6. The van der Waals surface area contributed by atoms with E-state index < -0.39 is 0 Å². The molecule has 2 N–H and O–H groups in total. The maximum Gasteiger partial charge on any atom is 0.315 e. The van der Waals surface area contributed by atoms with Crippen LogP contribution >= 0.6 is 0 Å². The Morgan fingerprint density at radius 1 is 1.40 bits per heavy atom. The van der Waals surface area contributed by atoms with Crippen LogP contribution in [0, 0.1) is 6.92 Å². The first-order chi connectivity index (χ1) is 12.1. The molecule has 0 bridgehead atoms. The highest BCUT2D eigenvalue weighted by atomic mass is 16.3. The average molecular weight is 339 g/mol. The van der Waals surface area contributed by atoms with Crippen molar-refractivity contribution < 1.29 is 9.21 Å². The number of carbonyl (C=O) groups excluding carboxylic acids is 1. The van der Waals surface area contributed by atoms with E-state index in [0.717, 1.165) is 41.0 Å². The van der Waals surface area contributed by atoms with Gasteiger partial charge in [-0.15, -0.1) is 0 Å². The van der Waals surface area contributed by atoms with Crippen LogP contribution in [0.4, 0.5) is 4.79 Å². The van der Waals surface area contributed by atoms with E-state index in [1.54, 1.807) is 6.33 Å². The SMILES string of the molecule is Cc1c([C@@H](C)NC(=O)NC2CCc3ncnn3C2)oc2ccccc12. The van der Waals surface area contributed by atoms with Gasteiger partial charge >= 0.3 is 6.03 Å². The summed E-state index contributed by atoms with van der Waals surface area (Å²) in [6.07, 6.45) is 3.25. The van der Waals surface area contributed by atoms with E-state index in [1.165, 1.54) is 0 Å². The van der Waals surface area contributed by atoms with Crippen LogP contribution in [0.15, 0.2) is 35.0 Å². The van der Waals surface area contributed by atoms with Crippen molar-refractivity contribution in [3.8, 4) is 0 Å². The zero-order chi connectivity index (χ0) is 17.4. The van der Waals surface area contributed by atoms with Gasteiger partial charge in [0, 0.05) is 17.4 Å². The summed E-state index contributed by atoms with van der Waals surface area (Å²) in [5.74, 6) is 1.77. The molecule has 2 amide bonds. The molecular formula is C18H21N5O2. The molecule has 0 spiro atoms. The summed E-state index contributed by atoms with van der Waals surface area (Å²) in [6, 6.07) is 7.55. The van der Waals surface area contributed by atoms with Crippen molar-refractivity contribution in [2.24, 2.45) is 0 Å². The van der Waals surface area contributed by atoms with Gasteiger partial charge in [0.25, 0.3) is 0 Å². The average Bonchev–Trinajstić information content (AvgIpc) is 3.19. The van der Waals surface area contributed by atoms with Crippen LogP contribution in [-0.4, -0.2) is 26.8 Å². The lowest BCUT2D eigenvalue weighted by Gasteiger charge is -2.24. The van der Waals surface area contributed by atoms with Gasteiger partial charge in [-0.2, -0.15) is 5.10 Å². The van der Waals surface area contributed by atoms with Gasteiger partial charge in [-0.05, 0) is 26.3 Å².